The summed E-state index contributed by atoms with van der Waals surface area (Å²) >= 11 is 1.70. The predicted molar refractivity (Wildman–Crippen MR) is 141 cm³/mol. The number of rotatable bonds is 7. The number of aromatic nitrogens is 1. The van der Waals surface area contributed by atoms with Gasteiger partial charge in [0.05, 0.1) is 24.4 Å². The zero-order chi connectivity index (χ0) is 21.5. The first-order valence-electron chi connectivity index (χ1n) is 10.8. The molecule has 2 unspecified atom stereocenters. The summed E-state index contributed by atoms with van der Waals surface area (Å²) < 4.78 is 5.34. The van der Waals surface area contributed by atoms with Crippen LogP contribution < -0.4 is 10.1 Å². The molecule has 3 rings (SSSR count). The first-order valence-corrected chi connectivity index (χ1v) is 11.6. The largest absolute Gasteiger partial charge is 0.497 e. The van der Waals surface area contributed by atoms with Gasteiger partial charge in [-0.2, -0.15) is 0 Å². The summed E-state index contributed by atoms with van der Waals surface area (Å²) in [5.41, 5.74) is 2.44. The van der Waals surface area contributed by atoms with Gasteiger partial charge in [-0.3, -0.25) is 9.89 Å². The van der Waals surface area contributed by atoms with Crippen molar-refractivity contribution in [2.24, 2.45) is 10.9 Å². The number of likely N-dealkylation sites (tertiary alicyclic amines) is 1. The van der Waals surface area contributed by atoms with Gasteiger partial charge in [0, 0.05) is 31.6 Å². The molecule has 0 spiro atoms. The number of methoxy groups -OCH3 is 1. The molecule has 1 aromatic carbocycles. The van der Waals surface area contributed by atoms with Crippen LogP contribution in [0.4, 0.5) is 0 Å². The van der Waals surface area contributed by atoms with Crippen LogP contribution in [0.15, 0.2) is 34.6 Å². The van der Waals surface area contributed by atoms with E-state index in [1.54, 1.807) is 18.4 Å². The van der Waals surface area contributed by atoms with Gasteiger partial charge in [-0.1, -0.05) is 12.1 Å². The molecule has 8 heteroatoms. The van der Waals surface area contributed by atoms with Crippen molar-refractivity contribution in [3.05, 3.63) is 45.9 Å². The minimum Gasteiger partial charge on any atom is -0.497 e. The molecule has 1 aromatic heterocycles. The van der Waals surface area contributed by atoms with Crippen LogP contribution in [-0.2, 0) is 6.54 Å². The number of aryl methyl sites for hydroxylation is 1. The molecule has 0 saturated carbocycles. The Morgan fingerprint density at radius 2 is 2.10 bits per heavy atom. The summed E-state index contributed by atoms with van der Waals surface area (Å²) in [5.74, 6) is 2.34. The first-order chi connectivity index (χ1) is 14.5. The van der Waals surface area contributed by atoms with Crippen LogP contribution >= 0.6 is 35.3 Å². The fourth-order valence-corrected chi connectivity index (χ4v) is 4.85. The van der Waals surface area contributed by atoms with E-state index in [2.05, 4.69) is 70.8 Å². The molecule has 6 nitrogen and oxygen atoms in total. The van der Waals surface area contributed by atoms with Crippen LogP contribution in [0.1, 0.15) is 42.1 Å². The van der Waals surface area contributed by atoms with Crippen LogP contribution in [0.2, 0.25) is 0 Å². The molecule has 172 valence electrons. The Balaban J connectivity index is 0.00000341. The van der Waals surface area contributed by atoms with E-state index in [1.807, 2.05) is 6.92 Å². The molecule has 31 heavy (non-hydrogen) atoms. The number of nitrogens with zero attached hydrogens (tertiary/aromatic N) is 4. The van der Waals surface area contributed by atoms with Gasteiger partial charge < -0.3 is 15.0 Å². The van der Waals surface area contributed by atoms with E-state index in [0.717, 1.165) is 48.6 Å². The van der Waals surface area contributed by atoms with Gasteiger partial charge in [0.15, 0.2) is 5.96 Å². The van der Waals surface area contributed by atoms with Crippen molar-refractivity contribution in [1.29, 1.82) is 0 Å². The second kappa shape index (κ2) is 12.6. The topological polar surface area (TPSA) is 53.0 Å². The Kier molecular flexibility index (Phi) is 10.5. The molecule has 0 aliphatic carbocycles. The number of benzene rings is 1. The van der Waals surface area contributed by atoms with Gasteiger partial charge in [0.25, 0.3) is 0 Å². The number of guanidine groups is 1. The number of thiazole rings is 1. The highest BCUT2D eigenvalue weighted by Gasteiger charge is 2.30. The van der Waals surface area contributed by atoms with E-state index in [0.29, 0.717) is 12.0 Å². The second-order valence-corrected chi connectivity index (χ2v) is 9.07. The van der Waals surface area contributed by atoms with Gasteiger partial charge in [0.1, 0.15) is 5.75 Å². The maximum Gasteiger partial charge on any atom is 0.194 e. The van der Waals surface area contributed by atoms with Crippen molar-refractivity contribution >= 4 is 41.3 Å². The van der Waals surface area contributed by atoms with Crippen molar-refractivity contribution in [3.63, 3.8) is 0 Å². The third-order valence-electron chi connectivity index (χ3n) is 5.70. The molecule has 1 saturated heterocycles. The molecule has 2 heterocycles. The fourth-order valence-electron chi connectivity index (χ4n) is 4.25. The molecule has 0 radical (unpaired) electrons. The standard InChI is InChI=1S/C23H35N5OS.HI/c1-6-24-23(28(4)15-20-16-30-17(2)26-20)25-14-19-8-7-13-27(3)22(19)18-9-11-21(29-5)12-10-18;/h9-12,16,19,22H,6-8,13-15H2,1-5H3,(H,24,25);1H. The van der Waals surface area contributed by atoms with Crippen LogP contribution in [0.5, 0.6) is 5.75 Å². The number of aliphatic imine (C=N–C) groups is 1. The van der Waals surface area contributed by atoms with E-state index in [-0.39, 0.29) is 24.0 Å². The molecular formula is C23H36IN5OS. The number of piperidine rings is 1. The maximum atomic E-state index is 5.34. The summed E-state index contributed by atoms with van der Waals surface area (Å²) in [5, 5.41) is 6.69. The Hall–Kier alpha value is -1.39. The smallest absolute Gasteiger partial charge is 0.194 e. The zero-order valence-corrected chi connectivity index (χ0v) is 22.4. The van der Waals surface area contributed by atoms with Crippen molar-refractivity contribution in [1.82, 2.24) is 20.1 Å². The van der Waals surface area contributed by atoms with E-state index in [1.165, 1.54) is 18.4 Å². The van der Waals surface area contributed by atoms with Gasteiger partial charge in [-0.15, -0.1) is 35.3 Å². The molecule has 1 N–H and O–H groups in total. The average Bonchev–Trinajstić information content (AvgIpc) is 3.15. The lowest BCUT2D eigenvalue weighted by molar-refractivity contribution is 0.125. The Morgan fingerprint density at radius 3 is 2.71 bits per heavy atom. The monoisotopic (exact) mass is 557 g/mol. The third-order valence-corrected chi connectivity index (χ3v) is 6.52. The van der Waals surface area contributed by atoms with E-state index < -0.39 is 0 Å². The molecule has 1 aliphatic rings. The van der Waals surface area contributed by atoms with Gasteiger partial charge >= 0.3 is 0 Å². The molecule has 2 aromatic rings. The summed E-state index contributed by atoms with van der Waals surface area (Å²) in [6, 6.07) is 8.90. The number of hydrogen-bond donors (Lipinski definition) is 1. The van der Waals surface area contributed by atoms with Crippen LogP contribution in [0.25, 0.3) is 0 Å². The van der Waals surface area contributed by atoms with Crippen molar-refractivity contribution in [2.75, 3.05) is 40.8 Å². The minimum atomic E-state index is 0. The van der Waals surface area contributed by atoms with Gasteiger partial charge in [0.2, 0.25) is 0 Å². The molecular weight excluding hydrogens is 521 g/mol. The number of nitrogens with one attached hydrogen (secondary N) is 1. The average molecular weight is 558 g/mol. The van der Waals surface area contributed by atoms with Gasteiger partial charge in [-0.25, -0.2) is 4.98 Å². The highest BCUT2D eigenvalue weighted by Crippen LogP contribution is 2.35. The third kappa shape index (κ3) is 7.05. The number of halogens is 1. The maximum absolute atomic E-state index is 5.34. The number of ether oxygens (including phenoxy) is 1. The van der Waals surface area contributed by atoms with Crippen LogP contribution in [0, 0.1) is 12.8 Å². The van der Waals surface area contributed by atoms with E-state index >= 15 is 0 Å². The van der Waals surface area contributed by atoms with Crippen LogP contribution in [-0.4, -0.2) is 61.6 Å². The minimum absolute atomic E-state index is 0. The quantitative estimate of drug-likeness (QED) is 0.308. The predicted octanol–water partition coefficient (Wildman–Crippen LogP) is 4.56. The summed E-state index contributed by atoms with van der Waals surface area (Å²) in [6.45, 7) is 7.72. The Labute approximate surface area is 208 Å². The molecule has 1 aliphatic heterocycles. The summed E-state index contributed by atoms with van der Waals surface area (Å²) in [6.07, 6.45) is 2.41. The summed E-state index contributed by atoms with van der Waals surface area (Å²) in [4.78, 5) is 14.3. The van der Waals surface area contributed by atoms with Crippen LogP contribution in [0.3, 0.4) is 0 Å². The summed E-state index contributed by atoms with van der Waals surface area (Å²) in [7, 11) is 6.03. The number of hydrogen-bond acceptors (Lipinski definition) is 5. The lowest BCUT2D eigenvalue weighted by Gasteiger charge is -2.39. The van der Waals surface area contributed by atoms with E-state index in [4.69, 9.17) is 9.73 Å². The molecule has 1 fully saturated rings. The normalized spacial score (nSPS) is 19.6. The molecule has 2 atom stereocenters. The van der Waals surface area contributed by atoms with Crippen molar-refractivity contribution in [3.8, 4) is 5.75 Å². The fraction of sp³-hybridized carbons (Fsp3) is 0.565. The highest BCUT2D eigenvalue weighted by atomic mass is 127. The van der Waals surface area contributed by atoms with E-state index in [9.17, 15) is 0 Å². The lowest BCUT2D eigenvalue weighted by Crippen LogP contribution is -2.40. The Bertz CT molecular complexity index is 826. The zero-order valence-electron chi connectivity index (χ0n) is 19.3. The molecule has 0 amide bonds. The van der Waals surface area contributed by atoms with Crippen molar-refractivity contribution in [2.45, 2.75) is 39.3 Å². The first kappa shape index (κ1) is 25.9. The second-order valence-electron chi connectivity index (χ2n) is 8.01. The molecule has 0 bridgehead atoms. The van der Waals surface area contributed by atoms with Gasteiger partial charge in [-0.05, 0) is 63.9 Å². The van der Waals surface area contributed by atoms with Crippen molar-refractivity contribution < 1.29 is 4.74 Å². The lowest BCUT2D eigenvalue weighted by atomic mass is 9.85. The Morgan fingerprint density at radius 1 is 1.35 bits per heavy atom. The highest BCUT2D eigenvalue weighted by molar-refractivity contribution is 14.0. The SMILES string of the molecule is CCNC(=NCC1CCCN(C)C1c1ccc(OC)cc1)N(C)Cc1csc(C)n1.I.